The molecule has 4 heteroatoms. The first-order valence-corrected chi connectivity index (χ1v) is 8.01. The Bertz CT molecular complexity index is 461. The van der Waals surface area contributed by atoms with E-state index in [9.17, 15) is 0 Å². The molecule has 0 aliphatic carbocycles. The second kappa shape index (κ2) is 11.1. The molecule has 1 aromatic rings. The van der Waals surface area contributed by atoms with Gasteiger partial charge in [-0.05, 0) is 36.1 Å². The Balaban J connectivity index is 0.00000220. The molecule has 2 heterocycles. The lowest BCUT2D eigenvalue weighted by atomic mass is 10.0. The first-order valence-electron chi connectivity index (χ1n) is 8.01. The molecule has 1 aromatic heterocycles. The average molecular weight is 432 g/mol. The van der Waals surface area contributed by atoms with Gasteiger partial charge in [0.2, 0.25) is 0 Å². The number of aromatic amines is 1. The second-order valence-corrected chi connectivity index (χ2v) is 5.82. The van der Waals surface area contributed by atoms with Crippen LogP contribution in [-0.2, 0) is 0 Å². The molecule has 0 amide bonds. The molecule has 1 N–H and O–H groups in total. The van der Waals surface area contributed by atoms with Crippen LogP contribution in [0.2, 0.25) is 0 Å². The lowest BCUT2D eigenvalue weighted by Gasteiger charge is -2.36. The first-order chi connectivity index (χ1) is 9.79. The van der Waals surface area contributed by atoms with Gasteiger partial charge >= 0.3 is 0 Å². The van der Waals surface area contributed by atoms with Gasteiger partial charge in [-0.25, -0.2) is 4.98 Å². The van der Waals surface area contributed by atoms with Crippen molar-refractivity contribution in [2.24, 2.45) is 0 Å². The fourth-order valence-electron chi connectivity index (χ4n) is 2.83. The maximum absolute atomic E-state index is 3.09. The summed E-state index contributed by atoms with van der Waals surface area (Å²) in [4.78, 5) is 3.09. The lowest BCUT2D eigenvalue weighted by molar-refractivity contribution is -0.874. The third kappa shape index (κ3) is 5.98. The molecule has 0 radical (unpaired) electrons. The van der Waals surface area contributed by atoms with Gasteiger partial charge in [0.05, 0.1) is 19.3 Å². The van der Waals surface area contributed by atoms with Gasteiger partial charge in [0.1, 0.15) is 6.54 Å². The van der Waals surface area contributed by atoms with Crippen LogP contribution in [0, 0.1) is 0 Å². The minimum atomic E-state index is 0. The average Bonchev–Trinajstić information content (AvgIpc) is 2.53. The molecule has 22 heavy (non-hydrogen) atoms. The number of allylic oxidation sites excluding steroid dienone is 2. The first kappa shape index (κ1) is 21.6. The minimum absolute atomic E-state index is 0. The number of halogens is 2. The van der Waals surface area contributed by atoms with Crippen molar-refractivity contribution in [3.63, 3.8) is 0 Å². The van der Waals surface area contributed by atoms with Crippen molar-refractivity contribution in [3.8, 4) is 0 Å². The number of pyridine rings is 1. The maximum Gasteiger partial charge on any atom is 0.167 e. The van der Waals surface area contributed by atoms with Crippen LogP contribution in [0.5, 0.6) is 0 Å². The number of hydrogen-bond donors (Lipinski definition) is 0. The highest BCUT2D eigenvalue weighted by molar-refractivity contribution is 5.73. The fourth-order valence-corrected chi connectivity index (χ4v) is 2.83. The van der Waals surface area contributed by atoms with E-state index in [0.29, 0.717) is 0 Å². The summed E-state index contributed by atoms with van der Waals surface area (Å²) in [5, 5.41) is 0. The van der Waals surface area contributed by atoms with Crippen molar-refractivity contribution in [1.29, 1.82) is 0 Å². The van der Waals surface area contributed by atoms with Crippen LogP contribution in [0.1, 0.15) is 45.1 Å². The zero-order chi connectivity index (χ0) is 14.3. The van der Waals surface area contributed by atoms with Gasteiger partial charge < -0.3 is 34.0 Å². The Hall–Kier alpha value is -0.450. The number of H-pyrrole nitrogens is 1. The molecule has 2 nitrogen and oxygen atoms in total. The standard InChI is InChI=1S/C18H27N2.2BrH/c1-3-5-13-20(14-6-4-2)15-9-18(10-16-20)17-7-11-19-12-8-17;;/h7-12,15H,3-6,13-14,16H2,1-2H3;2*1H/q+1;;/p-1. The van der Waals surface area contributed by atoms with E-state index in [1.54, 1.807) is 0 Å². The van der Waals surface area contributed by atoms with Gasteiger partial charge in [-0.2, -0.15) is 0 Å². The Kier molecular flexibility index (Phi) is 10.9. The molecule has 0 fully saturated rings. The van der Waals surface area contributed by atoms with E-state index < -0.39 is 0 Å². The highest BCUT2D eigenvalue weighted by Gasteiger charge is 2.25. The number of quaternary nitrogens is 1. The summed E-state index contributed by atoms with van der Waals surface area (Å²) in [5.41, 5.74) is 2.67. The Morgan fingerprint density at radius 1 is 1.00 bits per heavy atom. The number of hydrogen-bond acceptors (Lipinski definition) is 0. The van der Waals surface area contributed by atoms with Crippen LogP contribution in [0.15, 0.2) is 42.9 Å². The zero-order valence-corrected chi connectivity index (χ0v) is 16.9. The second-order valence-electron chi connectivity index (χ2n) is 5.82. The molecule has 124 valence electrons. The van der Waals surface area contributed by atoms with Gasteiger partial charge in [-0.1, -0.05) is 26.7 Å². The molecule has 0 saturated carbocycles. The van der Waals surface area contributed by atoms with Crippen LogP contribution in [0.4, 0.5) is 0 Å². The van der Waals surface area contributed by atoms with Crippen LogP contribution in [0.3, 0.4) is 0 Å². The summed E-state index contributed by atoms with van der Waals surface area (Å²) in [7, 11) is 0. The smallest absolute Gasteiger partial charge is 0.167 e. The molecule has 1 aliphatic heterocycles. The van der Waals surface area contributed by atoms with Crippen molar-refractivity contribution < 1.29 is 43.4 Å². The molecular formula is C18H28Br2N2. The monoisotopic (exact) mass is 430 g/mol. The number of nitrogens with one attached hydrogen (secondary N) is 1. The van der Waals surface area contributed by atoms with E-state index in [1.807, 2.05) is 12.4 Å². The SMILES string of the molecule is CCCC[N+]1(CCCC)C=CC(c2cc[nH+]cc2)=CC1.[Br-].[Br-]. The number of rotatable bonds is 7. The van der Waals surface area contributed by atoms with Crippen molar-refractivity contribution in [2.45, 2.75) is 39.5 Å². The van der Waals surface area contributed by atoms with Crippen LogP contribution >= 0.6 is 0 Å². The highest BCUT2D eigenvalue weighted by atomic mass is 79.9. The summed E-state index contributed by atoms with van der Waals surface area (Å²) in [6, 6.07) is 4.29. The molecule has 2 rings (SSSR count). The molecule has 0 spiro atoms. The molecule has 1 aliphatic rings. The Labute approximate surface area is 156 Å². The molecule has 0 saturated heterocycles. The lowest BCUT2D eigenvalue weighted by Crippen LogP contribution is -3.00. The largest absolute Gasteiger partial charge is 1.00 e. The summed E-state index contributed by atoms with van der Waals surface area (Å²) >= 11 is 0. The third-order valence-corrected chi connectivity index (χ3v) is 4.21. The van der Waals surface area contributed by atoms with E-state index in [1.165, 1.54) is 49.9 Å². The molecule has 0 unspecified atom stereocenters. The molecule has 0 aromatic carbocycles. The highest BCUT2D eigenvalue weighted by Crippen LogP contribution is 2.24. The van der Waals surface area contributed by atoms with Crippen LogP contribution < -0.4 is 38.9 Å². The van der Waals surface area contributed by atoms with Gasteiger partial charge in [0.25, 0.3) is 0 Å². The predicted octanol–water partition coefficient (Wildman–Crippen LogP) is -2.16. The van der Waals surface area contributed by atoms with E-state index in [0.717, 1.165) is 11.0 Å². The number of unbranched alkanes of at least 4 members (excludes halogenated alkanes) is 2. The molecule has 0 atom stereocenters. The summed E-state index contributed by atoms with van der Waals surface area (Å²) in [6.07, 6.45) is 16.4. The topological polar surface area (TPSA) is 14.1 Å². The van der Waals surface area contributed by atoms with Crippen molar-refractivity contribution in [3.05, 3.63) is 48.4 Å². The van der Waals surface area contributed by atoms with Gasteiger partial charge in [-0.15, -0.1) is 0 Å². The van der Waals surface area contributed by atoms with Crippen molar-refractivity contribution in [1.82, 2.24) is 0 Å². The maximum atomic E-state index is 3.09. The van der Waals surface area contributed by atoms with Gasteiger partial charge in [0, 0.05) is 12.1 Å². The minimum Gasteiger partial charge on any atom is -1.00 e. The fraction of sp³-hybridized carbons (Fsp3) is 0.500. The Morgan fingerprint density at radius 2 is 1.59 bits per heavy atom. The van der Waals surface area contributed by atoms with Gasteiger partial charge in [-0.3, -0.25) is 4.48 Å². The van der Waals surface area contributed by atoms with E-state index in [4.69, 9.17) is 0 Å². The predicted molar refractivity (Wildman–Crippen MR) is 84.8 cm³/mol. The van der Waals surface area contributed by atoms with E-state index in [2.05, 4.69) is 49.3 Å². The molecule has 0 bridgehead atoms. The normalized spacial score (nSPS) is 15.5. The molecular weight excluding hydrogens is 404 g/mol. The summed E-state index contributed by atoms with van der Waals surface area (Å²) in [6.45, 7) is 8.26. The van der Waals surface area contributed by atoms with Crippen LogP contribution in [-0.4, -0.2) is 24.1 Å². The third-order valence-electron chi connectivity index (χ3n) is 4.21. The van der Waals surface area contributed by atoms with E-state index >= 15 is 0 Å². The number of aromatic nitrogens is 1. The van der Waals surface area contributed by atoms with Crippen LogP contribution in [0.25, 0.3) is 5.57 Å². The quantitative estimate of drug-likeness (QED) is 0.436. The van der Waals surface area contributed by atoms with E-state index in [-0.39, 0.29) is 34.0 Å². The van der Waals surface area contributed by atoms with Crippen molar-refractivity contribution in [2.75, 3.05) is 19.6 Å². The summed E-state index contributed by atoms with van der Waals surface area (Å²) in [5.74, 6) is 0. The zero-order valence-electron chi connectivity index (χ0n) is 13.7. The Morgan fingerprint density at radius 3 is 2.05 bits per heavy atom. The summed E-state index contributed by atoms with van der Waals surface area (Å²) < 4.78 is 1.14. The van der Waals surface area contributed by atoms with Gasteiger partial charge in [0.15, 0.2) is 12.4 Å². The number of nitrogens with zero attached hydrogens (tertiary/aromatic N) is 1. The van der Waals surface area contributed by atoms with Crippen molar-refractivity contribution >= 4 is 5.57 Å².